The van der Waals surface area contributed by atoms with Crippen LogP contribution in [0.5, 0.6) is 0 Å². The van der Waals surface area contributed by atoms with Gasteiger partial charge >= 0.3 is 12.0 Å². The Balaban J connectivity index is 1.93. The molecule has 0 spiro atoms. The summed E-state index contributed by atoms with van der Waals surface area (Å²) >= 11 is 1.41. The molecule has 140 valence electrons. The first kappa shape index (κ1) is 19.6. The van der Waals surface area contributed by atoms with Crippen molar-refractivity contribution in [3.05, 3.63) is 5.01 Å². The number of rotatable bonds is 7. The minimum Gasteiger partial charge on any atom is -0.469 e. The molecule has 1 aliphatic carbocycles. The van der Waals surface area contributed by atoms with Gasteiger partial charge in [-0.05, 0) is 19.8 Å². The largest absolute Gasteiger partial charge is 0.469 e. The number of urea groups is 1. The smallest absolute Gasteiger partial charge is 0.321 e. The van der Waals surface area contributed by atoms with E-state index in [1.807, 2.05) is 0 Å². The van der Waals surface area contributed by atoms with Crippen LogP contribution in [0, 0.1) is 0 Å². The zero-order chi connectivity index (χ0) is 18.3. The van der Waals surface area contributed by atoms with Crippen molar-refractivity contribution < 1.29 is 19.1 Å². The molecule has 2 rings (SSSR count). The highest BCUT2D eigenvalue weighted by molar-refractivity contribution is 7.15. The Morgan fingerprint density at radius 1 is 1.24 bits per heavy atom. The Morgan fingerprint density at radius 3 is 2.60 bits per heavy atom. The summed E-state index contributed by atoms with van der Waals surface area (Å²) in [4.78, 5) is 23.8. The fourth-order valence-corrected chi connectivity index (χ4v) is 3.95. The minimum atomic E-state index is -0.872. The molecule has 2 amide bonds. The molecule has 2 N–H and O–H groups in total. The lowest BCUT2D eigenvalue weighted by atomic mass is 9.90. The molecular weight excluding hydrogens is 344 g/mol. The Morgan fingerprint density at radius 2 is 1.96 bits per heavy atom. The van der Waals surface area contributed by atoms with Crippen LogP contribution in [0.15, 0.2) is 0 Å². The molecule has 1 fully saturated rings. The molecule has 1 unspecified atom stereocenters. The van der Waals surface area contributed by atoms with Crippen LogP contribution in [0.1, 0.15) is 56.4 Å². The van der Waals surface area contributed by atoms with E-state index in [1.54, 1.807) is 6.92 Å². The molecule has 1 atom stereocenters. The second-order valence-corrected chi connectivity index (χ2v) is 7.62. The SMILES string of the molecule is COCC(C)(CC(=O)OC)NC(=O)Nc1nnc(C2CCCCC2)s1. The molecule has 1 saturated carbocycles. The van der Waals surface area contributed by atoms with Gasteiger partial charge in [0.15, 0.2) is 0 Å². The molecule has 0 bridgehead atoms. The molecule has 25 heavy (non-hydrogen) atoms. The average Bonchev–Trinajstić information content (AvgIpc) is 3.03. The molecule has 8 nitrogen and oxygen atoms in total. The first-order valence-electron chi connectivity index (χ1n) is 8.44. The zero-order valence-corrected chi connectivity index (χ0v) is 15.8. The van der Waals surface area contributed by atoms with Crippen LogP contribution in [-0.4, -0.2) is 48.6 Å². The molecule has 1 aromatic heterocycles. The van der Waals surface area contributed by atoms with Crippen LogP contribution in [0.4, 0.5) is 9.93 Å². The summed E-state index contributed by atoms with van der Waals surface area (Å²) in [7, 11) is 2.82. The lowest BCUT2D eigenvalue weighted by Gasteiger charge is -2.28. The monoisotopic (exact) mass is 370 g/mol. The maximum Gasteiger partial charge on any atom is 0.321 e. The number of esters is 1. The van der Waals surface area contributed by atoms with E-state index in [4.69, 9.17) is 4.74 Å². The van der Waals surface area contributed by atoms with E-state index in [0.717, 1.165) is 17.8 Å². The van der Waals surface area contributed by atoms with Crippen LogP contribution in [0.3, 0.4) is 0 Å². The molecule has 1 aliphatic rings. The highest BCUT2D eigenvalue weighted by Gasteiger charge is 2.30. The third-order valence-corrected chi connectivity index (χ3v) is 5.26. The summed E-state index contributed by atoms with van der Waals surface area (Å²) in [5.74, 6) is 0.0262. The Hall–Kier alpha value is -1.74. The quantitative estimate of drug-likeness (QED) is 0.716. The van der Waals surface area contributed by atoms with Gasteiger partial charge in [-0.2, -0.15) is 0 Å². The predicted molar refractivity (Wildman–Crippen MR) is 94.8 cm³/mol. The summed E-state index contributed by atoms with van der Waals surface area (Å²) in [5.41, 5.74) is -0.872. The summed E-state index contributed by atoms with van der Waals surface area (Å²) in [6, 6.07) is -0.449. The van der Waals surface area contributed by atoms with Gasteiger partial charge in [-0.15, -0.1) is 10.2 Å². The van der Waals surface area contributed by atoms with Gasteiger partial charge in [-0.1, -0.05) is 30.6 Å². The van der Waals surface area contributed by atoms with Gasteiger partial charge in [0.1, 0.15) is 5.01 Å². The zero-order valence-electron chi connectivity index (χ0n) is 15.0. The molecular formula is C16H26N4O4S. The second-order valence-electron chi connectivity index (χ2n) is 6.61. The Labute approximate surface area is 151 Å². The number of carbonyl (C=O) groups is 2. The number of ether oxygens (including phenoxy) is 2. The van der Waals surface area contributed by atoms with Gasteiger partial charge in [0.25, 0.3) is 0 Å². The van der Waals surface area contributed by atoms with Crippen molar-refractivity contribution >= 4 is 28.5 Å². The van der Waals surface area contributed by atoms with Crippen molar-refractivity contribution in [3.63, 3.8) is 0 Å². The van der Waals surface area contributed by atoms with Crippen molar-refractivity contribution in [3.8, 4) is 0 Å². The van der Waals surface area contributed by atoms with E-state index >= 15 is 0 Å². The normalized spacial score (nSPS) is 17.6. The molecule has 0 saturated heterocycles. The maximum absolute atomic E-state index is 12.3. The van der Waals surface area contributed by atoms with Gasteiger partial charge in [0, 0.05) is 13.0 Å². The standard InChI is InChI=1S/C16H26N4O4S/c1-16(10-23-2,9-12(21)24-3)18-14(22)17-15-20-19-13(25-15)11-7-5-4-6-8-11/h11H,4-10H2,1-3H3,(H2,17,18,20,22). The number of nitrogens with zero attached hydrogens (tertiary/aromatic N) is 2. The number of aromatic nitrogens is 2. The molecule has 0 aliphatic heterocycles. The van der Waals surface area contributed by atoms with E-state index in [9.17, 15) is 9.59 Å². The number of hydrogen-bond acceptors (Lipinski definition) is 7. The van der Waals surface area contributed by atoms with Gasteiger partial charge < -0.3 is 14.8 Å². The minimum absolute atomic E-state index is 0.00814. The third-order valence-electron chi connectivity index (χ3n) is 4.26. The summed E-state index contributed by atoms with van der Waals surface area (Å²) in [6.45, 7) is 1.90. The van der Waals surface area contributed by atoms with Crippen LogP contribution >= 0.6 is 11.3 Å². The highest BCUT2D eigenvalue weighted by atomic mass is 32.1. The summed E-state index contributed by atoms with van der Waals surface area (Å²) < 4.78 is 9.79. The molecule has 1 aromatic rings. The lowest BCUT2D eigenvalue weighted by molar-refractivity contribution is -0.142. The average molecular weight is 370 g/mol. The van der Waals surface area contributed by atoms with E-state index in [2.05, 4.69) is 25.6 Å². The highest BCUT2D eigenvalue weighted by Crippen LogP contribution is 2.35. The summed E-state index contributed by atoms with van der Waals surface area (Å²) in [5, 5.41) is 15.2. The van der Waals surface area contributed by atoms with E-state index in [0.29, 0.717) is 11.0 Å². The van der Waals surface area contributed by atoms with Crippen molar-refractivity contribution in [2.24, 2.45) is 0 Å². The van der Waals surface area contributed by atoms with Crippen molar-refractivity contribution in [1.29, 1.82) is 0 Å². The third kappa shape index (κ3) is 5.93. The van der Waals surface area contributed by atoms with Gasteiger partial charge in [-0.25, -0.2) is 4.79 Å². The van der Waals surface area contributed by atoms with Crippen molar-refractivity contribution in [1.82, 2.24) is 15.5 Å². The fraction of sp³-hybridized carbons (Fsp3) is 0.750. The van der Waals surface area contributed by atoms with E-state index in [1.165, 1.54) is 44.8 Å². The molecule has 9 heteroatoms. The van der Waals surface area contributed by atoms with Crippen LogP contribution in [0.25, 0.3) is 0 Å². The van der Waals surface area contributed by atoms with Gasteiger partial charge in [0.2, 0.25) is 5.13 Å². The van der Waals surface area contributed by atoms with Gasteiger partial charge in [-0.3, -0.25) is 10.1 Å². The number of methoxy groups -OCH3 is 2. The Kier molecular flexibility index (Phi) is 7.12. The molecule has 0 aromatic carbocycles. The van der Waals surface area contributed by atoms with Gasteiger partial charge in [0.05, 0.1) is 25.7 Å². The molecule has 1 heterocycles. The van der Waals surface area contributed by atoms with E-state index in [-0.39, 0.29) is 13.0 Å². The first-order chi connectivity index (χ1) is 12.0. The number of nitrogens with one attached hydrogen (secondary N) is 2. The van der Waals surface area contributed by atoms with Crippen LogP contribution in [0.2, 0.25) is 0 Å². The lowest BCUT2D eigenvalue weighted by Crippen LogP contribution is -2.52. The number of amides is 2. The van der Waals surface area contributed by atoms with Crippen molar-refractivity contribution in [2.45, 2.75) is 56.9 Å². The topological polar surface area (TPSA) is 102 Å². The Bertz CT molecular complexity index is 588. The van der Waals surface area contributed by atoms with Crippen molar-refractivity contribution in [2.75, 3.05) is 26.1 Å². The molecule has 0 radical (unpaired) electrons. The summed E-state index contributed by atoms with van der Waals surface area (Å²) in [6.07, 6.45) is 5.99. The number of anilines is 1. The van der Waals surface area contributed by atoms with Crippen LogP contribution in [-0.2, 0) is 14.3 Å². The fourth-order valence-electron chi connectivity index (χ4n) is 3.04. The number of hydrogen-bond donors (Lipinski definition) is 2. The number of carbonyl (C=O) groups excluding carboxylic acids is 2. The predicted octanol–water partition coefficient (Wildman–Crippen LogP) is 2.68. The van der Waals surface area contributed by atoms with Crippen LogP contribution < -0.4 is 10.6 Å². The second kappa shape index (κ2) is 9.10. The van der Waals surface area contributed by atoms with E-state index < -0.39 is 17.5 Å². The maximum atomic E-state index is 12.3. The first-order valence-corrected chi connectivity index (χ1v) is 9.26.